The highest BCUT2D eigenvalue weighted by Crippen LogP contribution is 2.29. The Hall–Kier alpha value is -2.27. The van der Waals surface area contributed by atoms with Gasteiger partial charge < -0.3 is 5.32 Å². The molecule has 0 spiro atoms. The lowest BCUT2D eigenvalue weighted by molar-refractivity contribution is 0.0848. The summed E-state index contributed by atoms with van der Waals surface area (Å²) in [5.41, 5.74) is 2.79. The molecule has 1 aromatic heterocycles. The lowest BCUT2D eigenvalue weighted by atomic mass is 9.95. The lowest BCUT2D eigenvalue weighted by Gasteiger charge is -2.26. The van der Waals surface area contributed by atoms with Gasteiger partial charge in [-0.1, -0.05) is 30.3 Å². The monoisotopic (exact) mass is 266 g/mol. The Labute approximate surface area is 116 Å². The molecule has 5 heteroatoms. The summed E-state index contributed by atoms with van der Waals surface area (Å²) in [6.45, 7) is 1.56. The van der Waals surface area contributed by atoms with Gasteiger partial charge in [-0.2, -0.15) is 9.78 Å². The third kappa shape index (κ3) is 1.71. The number of fused-ring (bicyclic) bond motifs is 2. The number of hydrogen-bond donors (Lipinski definition) is 1. The minimum atomic E-state index is -0.153. The first-order valence-corrected chi connectivity index (χ1v) is 6.81. The van der Waals surface area contributed by atoms with Crippen LogP contribution >= 0.6 is 0 Å². The fourth-order valence-corrected chi connectivity index (χ4v) is 2.78. The van der Waals surface area contributed by atoms with E-state index in [4.69, 9.17) is 0 Å². The largest absolute Gasteiger partial charge is 0.315 e. The van der Waals surface area contributed by atoms with Gasteiger partial charge in [0.05, 0.1) is 11.6 Å². The first kappa shape index (κ1) is 11.5. The number of hydrogen-bond acceptors (Lipinski definition) is 4. The van der Waals surface area contributed by atoms with Gasteiger partial charge in [0.15, 0.2) is 5.82 Å². The summed E-state index contributed by atoms with van der Waals surface area (Å²) in [5, 5.41) is 7.67. The van der Waals surface area contributed by atoms with Crippen molar-refractivity contribution < 1.29 is 4.79 Å². The number of aromatic nitrogens is 2. The van der Waals surface area contributed by atoms with Gasteiger partial charge in [-0.05, 0) is 6.42 Å². The molecule has 1 unspecified atom stereocenters. The number of benzene rings is 1. The third-order valence-corrected chi connectivity index (χ3v) is 3.83. The van der Waals surface area contributed by atoms with Crippen molar-refractivity contribution in [3.8, 4) is 11.3 Å². The van der Waals surface area contributed by atoms with Crippen molar-refractivity contribution in [2.24, 2.45) is 10.9 Å². The Morgan fingerprint density at radius 2 is 2.10 bits per heavy atom. The number of nitrogens with one attached hydrogen (secondary N) is 1. The maximum Gasteiger partial charge on any atom is 0.258 e. The molecule has 2 aromatic rings. The van der Waals surface area contributed by atoms with Crippen LogP contribution in [0.2, 0.25) is 0 Å². The van der Waals surface area contributed by atoms with Crippen molar-refractivity contribution in [1.29, 1.82) is 0 Å². The standard InChI is InChI=1S/C15H14N4O/c20-15-11-9-16-7-6-12(11)17-14-8-13(18-19(14)15)10-4-2-1-3-5-10/h1-5,8,11,16H,6-7,9H2. The fourth-order valence-electron chi connectivity index (χ4n) is 2.78. The number of piperidine rings is 1. The molecule has 0 aliphatic carbocycles. The highest BCUT2D eigenvalue weighted by Gasteiger charge is 2.34. The van der Waals surface area contributed by atoms with Crippen molar-refractivity contribution in [3.05, 3.63) is 36.4 Å². The fraction of sp³-hybridized carbons (Fsp3) is 0.267. The number of carbonyl (C=O) groups is 1. The van der Waals surface area contributed by atoms with Crippen molar-refractivity contribution in [1.82, 2.24) is 15.1 Å². The van der Waals surface area contributed by atoms with Crippen LogP contribution in [0.4, 0.5) is 5.82 Å². The summed E-state index contributed by atoms with van der Waals surface area (Å²) < 4.78 is 1.45. The molecule has 4 rings (SSSR count). The zero-order valence-corrected chi connectivity index (χ0v) is 10.9. The second-order valence-electron chi connectivity index (χ2n) is 5.11. The summed E-state index contributed by atoms with van der Waals surface area (Å²) in [6, 6.07) is 11.8. The van der Waals surface area contributed by atoms with Crippen LogP contribution in [0.25, 0.3) is 11.3 Å². The molecular formula is C15H14N4O. The first-order valence-electron chi connectivity index (χ1n) is 6.81. The lowest BCUT2D eigenvalue weighted by Crippen LogP contribution is -2.45. The van der Waals surface area contributed by atoms with Crippen LogP contribution in [0.15, 0.2) is 41.4 Å². The van der Waals surface area contributed by atoms with Crippen LogP contribution in [0, 0.1) is 5.92 Å². The summed E-state index contributed by atoms with van der Waals surface area (Å²) in [7, 11) is 0. The van der Waals surface area contributed by atoms with E-state index in [-0.39, 0.29) is 11.8 Å². The third-order valence-electron chi connectivity index (χ3n) is 3.83. The van der Waals surface area contributed by atoms with E-state index in [0.29, 0.717) is 12.4 Å². The predicted octanol–water partition coefficient (Wildman–Crippen LogP) is 1.89. The van der Waals surface area contributed by atoms with Crippen LogP contribution in [0.3, 0.4) is 0 Å². The molecule has 5 nitrogen and oxygen atoms in total. The molecule has 1 saturated heterocycles. The van der Waals surface area contributed by atoms with Crippen LogP contribution in [0.5, 0.6) is 0 Å². The number of carbonyl (C=O) groups excluding carboxylic acids is 1. The van der Waals surface area contributed by atoms with Crippen molar-refractivity contribution in [2.75, 3.05) is 13.1 Å². The zero-order chi connectivity index (χ0) is 13.5. The summed E-state index contributed by atoms with van der Waals surface area (Å²) in [6.07, 6.45) is 0.836. The zero-order valence-electron chi connectivity index (χ0n) is 10.9. The average Bonchev–Trinajstić information content (AvgIpc) is 2.93. The maximum absolute atomic E-state index is 12.5. The summed E-state index contributed by atoms with van der Waals surface area (Å²) >= 11 is 0. The molecule has 0 bridgehead atoms. The van der Waals surface area contributed by atoms with Crippen molar-refractivity contribution in [2.45, 2.75) is 6.42 Å². The van der Waals surface area contributed by atoms with Crippen molar-refractivity contribution >= 4 is 17.4 Å². The molecule has 100 valence electrons. The second-order valence-corrected chi connectivity index (χ2v) is 5.11. The molecule has 20 heavy (non-hydrogen) atoms. The Bertz CT molecular complexity index is 702. The average molecular weight is 266 g/mol. The number of nitrogens with zero attached hydrogens (tertiary/aromatic N) is 3. The molecule has 3 heterocycles. The highest BCUT2D eigenvalue weighted by atomic mass is 16.2. The Morgan fingerprint density at radius 1 is 1.25 bits per heavy atom. The summed E-state index contributed by atoms with van der Waals surface area (Å²) in [5.74, 6) is 0.529. The van der Waals surface area contributed by atoms with E-state index in [1.807, 2.05) is 36.4 Å². The number of aliphatic imine (C=N–C) groups is 1. The Kier molecular flexibility index (Phi) is 2.53. The normalized spacial score (nSPS) is 21.1. The minimum absolute atomic E-state index is 0.0272. The molecule has 1 atom stereocenters. The van der Waals surface area contributed by atoms with Gasteiger partial charge in [-0.15, -0.1) is 0 Å². The van der Waals surface area contributed by atoms with Gasteiger partial charge in [0.25, 0.3) is 5.91 Å². The van der Waals surface area contributed by atoms with Gasteiger partial charge in [-0.3, -0.25) is 4.79 Å². The quantitative estimate of drug-likeness (QED) is 0.857. The molecule has 1 aromatic carbocycles. The molecule has 2 aliphatic heterocycles. The second kappa shape index (κ2) is 4.38. The molecule has 1 N–H and O–H groups in total. The molecule has 0 amide bonds. The van der Waals surface area contributed by atoms with Crippen LogP contribution in [-0.4, -0.2) is 34.5 Å². The molecule has 0 saturated carbocycles. The van der Waals surface area contributed by atoms with Crippen LogP contribution in [-0.2, 0) is 0 Å². The Morgan fingerprint density at radius 3 is 2.95 bits per heavy atom. The van der Waals surface area contributed by atoms with Gasteiger partial charge in [0.1, 0.15) is 0 Å². The van der Waals surface area contributed by atoms with Crippen LogP contribution in [0.1, 0.15) is 11.2 Å². The van der Waals surface area contributed by atoms with E-state index < -0.39 is 0 Å². The minimum Gasteiger partial charge on any atom is -0.315 e. The smallest absolute Gasteiger partial charge is 0.258 e. The maximum atomic E-state index is 12.5. The summed E-state index contributed by atoms with van der Waals surface area (Å²) in [4.78, 5) is 17.1. The number of rotatable bonds is 1. The van der Waals surface area contributed by atoms with E-state index in [1.54, 1.807) is 0 Å². The first-order chi connectivity index (χ1) is 9.83. The van der Waals surface area contributed by atoms with Gasteiger partial charge in [0, 0.05) is 30.4 Å². The molecule has 0 radical (unpaired) electrons. The van der Waals surface area contributed by atoms with Crippen LogP contribution < -0.4 is 5.32 Å². The Balaban J connectivity index is 1.80. The molecular weight excluding hydrogens is 252 g/mol. The SMILES string of the molecule is O=C1C2CNCCC2=Nc2cc(-c3ccccc3)nn21. The van der Waals surface area contributed by atoms with E-state index in [1.165, 1.54) is 4.68 Å². The highest BCUT2D eigenvalue weighted by molar-refractivity contribution is 6.09. The molecule has 2 aliphatic rings. The van der Waals surface area contributed by atoms with Crippen molar-refractivity contribution in [3.63, 3.8) is 0 Å². The van der Waals surface area contributed by atoms with E-state index in [0.717, 1.165) is 29.9 Å². The van der Waals surface area contributed by atoms with E-state index >= 15 is 0 Å². The van der Waals surface area contributed by atoms with E-state index in [2.05, 4.69) is 15.4 Å². The topological polar surface area (TPSA) is 59.3 Å². The van der Waals surface area contributed by atoms with E-state index in [9.17, 15) is 4.79 Å². The van der Waals surface area contributed by atoms with Gasteiger partial charge >= 0.3 is 0 Å². The molecule has 1 fully saturated rings. The van der Waals surface area contributed by atoms with Gasteiger partial charge in [0.2, 0.25) is 0 Å². The van der Waals surface area contributed by atoms with Gasteiger partial charge in [-0.25, -0.2) is 4.99 Å². The predicted molar refractivity (Wildman–Crippen MR) is 76.4 cm³/mol.